The van der Waals surface area contributed by atoms with Crippen LogP contribution in [0.15, 0.2) is 23.1 Å². The molecule has 108 valence electrons. The monoisotopic (exact) mass is 295 g/mol. The summed E-state index contributed by atoms with van der Waals surface area (Å²) < 4.78 is 31.1. The minimum atomic E-state index is -3.33. The highest BCUT2D eigenvalue weighted by Gasteiger charge is 2.29. The van der Waals surface area contributed by atoms with Crippen LogP contribution >= 0.6 is 0 Å². The van der Waals surface area contributed by atoms with Crippen molar-refractivity contribution in [2.75, 3.05) is 18.6 Å². The number of nitrogens with zero attached hydrogens (tertiary/aromatic N) is 2. The van der Waals surface area contributed by atoms with E-state index in [0.717, 1.165) is 11.9 Å². The summed E-state index contributed by atoms with van der Waals surface area (Å²) in [6.45, 7) is 2.67. The molecule has 2 unspecified atom stereocenters. The Labute approximate surface area is 117 Å². The lowest BCUT2D eigenvalue weighted by Crippen LogP contribution is -2.18. The first-order chi connectivity index (χ1) is 9.39. The van der Waals surface area contributed by atoms with Gasteiger partial charge in [-0.1, -0.05) is 6.07 Å². The van der Waals surface area contributed by atoms with Crippen molar-refractivity contribution < 1.29 is 13.2 Å². The summed E-state index contributed by atoms with van der Waals surface area (Å²) in [7, 11) is -3.33. The molecule has 1 aromatic carbocycles. The molecular formula is C13H17N3O3S. The van der Waals surface area contributed by atoms with E-state index in [-0.39, 0.29) is 17.0 Å². The van der Waals surface area contributed by atoms with Crippen molar-refractivity contribution in [3.8, 4) is 0 Å². The molecule has 0 spiro atoms. The van der Waals surface area contributed by atoms with E-state index in [1.807, 2.05) is 17.6 Å². The molecule has 0 aliphatic carbocycles. The lowest BCUT2D eigenvalue weighted by atomic mass is 10.1. The van der Waals surface area contributed by atoms with E-state index in [1.54, 1.807) is 12.1 Å². The Balaban J connectivity index is 2.27. The maximum atomic E-state index is 11.8. The molecular weight excluding hydrogens is 278 g/mol. The smallest absolute Gasteiger partial charge is 0.201 e. The molecule has 2 aromatic rings. The summed E-state index contributed by atoms with van der Waals surface area (Å²) >= 11 is 0. The molecule has 1 aromatic heterocycles. The van der Waals surface area contributed by atoms with Gasteiger partial charge < -0.3 is 15.0 Å². The van der Waals surface area contributed by atoms with Crippen LogP contribution in [0.3, 0.4) is 0 Å². The number of benzene rings is 1. The summed E-state index contributed by atoms with van der Waals surface area (Å²) in [5.74, 6) is 0.332. The van der Waals surface area contributed by atoms with Crippen molar-refractivity contribution in [2.45, 2.75) is 30.4 Å². The average molecular weight is 295 g/mol. The van der Waals surface area contributed by atoms with Gasteiger partial charge in [0.1, 0.15) is 5.52 Å². The Hall–Kier alpha value is -1.60. The average Bonchev–Trinajstić information content (AvgIpc) is 2.89. The van der Waals surface area contributed by atoms with E-state index in [0.29, 0.717) is 18.1 Å². The number of aromatic nitrogens is 2. The maximum absolute atomic E-state index is 11.8. The standard InChI is InChI=1S/C13H17N3O3S/c1-8-9(6-7-19-8)16-10-4-3-5-11(20(2,17)18)12(10)15-13(16)14/h3-5,8-9H,6-7H2,1-2H3,(H2,14,15). The zero-order chi connectivity index (χ0) is 14.5. The maximum Gasteiger partial charge on any atom is 0.201 e. The third-order valence-electron chi connectivity index (χ3n) is 3.78. The van der Waals surface area contributed by atoms with Gasteiger partial charge in [0, 0.05) is 12.9 Å². The number of anilines is 1. The second-order valence-corrected chi connectivity index (χ2v) is 7.15. The van der Waals surface area contributed by atoms with Crippen LogP contribution in [0.5, 0.6) is 0 Å². The summed E-state index contributed by atoms with van der Waals surface area (Å²) in [4.78, 5) is 4.48. The Morgan fingerprint density at radius 3 is 2.80 bits per heavy atom. The number of hydrogen-bond donors (Lipinski definition) is 1. The summed E-state index contributed by atoms with van der Waals surface area (Å²) in [6, 6.07) is 5.22. The molecule has 0 amide bonds. The largest absolute Gasteiger partial charge is 0.376 e. The van der Waals surface area contributed by atoms with E-state index in [2.05, 4.69) is 4.98 Å². The van der Waals surface area contributed by atoms with E-state index in [9.17, 15) is 8.42 Å². The van der Waals surface area contributed by atoms with Crippen LogP contribution in [-0.4, -0.2) is 36.9 Å². The minimum Gasteiger partial charge on any atom is -0.376 e. The molecule has 1 saturated heterocycles. The van der Waals surface area contributed by atoms with Gasteiger partial charge in [-0.05, 0) is 25.5 Å². The van der Waals surface area contributed by atoms with E-state index >= 15 is 0 Å². The number of ether oxygens (including phenoxy) is 1. The first kappa shape index (κ1) is 13.4. The molecule has 2 atom stereocenters. The minimum absolute atomic E-state index is 0.0385. The number of para-hydroxylation sites is 1. The molecule has 1 fully saturated rings. The van der Waals surface area contributed by atoms with Crippen LogP contribution in [0, 0.1) is 0 Å². The van der Waals surface area contributed by atoms with Gasteiger partial charge in [-0.3, -0.25) is 0 Å². The zero-order valence-corrected chi connectivity index (χ0v) is 12.2. The highest BCUT2D eigenvalue weighted by molar-refractivity contribution is 7.91. The normalized spacial score (nSPS) is 23.5. The Kier molecular flexibility index (Phi) is 2.98. The molecule has 7 heteroatoms. The molecule has 6 nitrogen and oxygen atoms in total. The van der Waals surface area contributed by atoms with Gasteiger partial charge in [0.25, 0.3) is 0 Å². The number of nitrogens with two attached hydrogens (primary N) is 1. The second-order valence-electron chi connectivity index (χ2n) is 5.17. The molecule has 0 radical (unpaired) electrons. The van der Waals surface area contributed by atoms with Crippen LogP contribution in [0.25, 0.3) is 11.0 Å². The SMILES string of the molecule is CC1OCCC1n1c(N)nc2c(S(C)(=O)=O)cccc21. The lowest BCUT2D eigenvalue weighted by molar-refractivity contribution is 0.109. The lowest BCUT2D eigenvalue weighted by Gasteiger charge is -2.18. The van der Waals surface area contributed by atoms with Crippen LogP contribution in [0.4, 0.5) is 5.95 Å². The summed E-state index contributed by atoms with van der Waals surface area (Å²) in [5, 5.41) is 0. The molecule has 2 N–H and O–H groups in total. The molecule has 1 aliphatic rings. The Morgan fingerprint density at radius 1 is 1.45 bits per heavy atom. The highest BCUT2D eigenvalue weighted by atomic mass is 32.2. The van der Waals surface area contributed by atoms with Gasteiger partial charge in [-0.2, -0.15) is 0 Å². The topological polar surface area (TPSA) is 87.2 Å². The van der Waals surface area contributed by atoms with Gasteiger partial charge in [-0.15, -0.1) is 0 Å². The van der Waals surface area contributed by atoms with Crippen molar-refractivity contribution in [3.63, 3.8) is 0 Å². The summed E-state index contributed by atoms with van der Waals surface area (Å²) in [5.41, 5.74) is 7.19. The Bertz CT molecular complexity index is 767. The highest BCUT2D eigenvalue weighted by Crippen LogP contribution is 2.33. The molecule has 2 heterocycles. The van der Waals surface area contributed by atoms with Crippen LogP contribution in [0.2, 0.25) is 0 Å². The van der Waals surface area contributed by atoms with Gasteiger partial charge in [0.05, 0.1) is 22.6 Å². The third kappa shape index (κ3) is 1.97. The number of nitrogen functional groups attached to an aromatic ring is 1. The van der Waals surface area contributed by atoms with Crippen molar-refractivity contribution >= 4 is 26.8 Å². The first-order valence-electron chi connectivity index (χ1n) is 6.47. The third-order valence-corrected chi connectivity index (χ3v) is 4.91. The van der Waals surface area contributed by atoms with E-state index in [1.165, 1.54) is 6.26 Å². The van der Waals surface area contributed by atoms with Gasteiger partial charge >= 0.3 is 0 Å². The van der Waals surface area contributed by atoms with Crippen molar-refractivity contribution in [1.82, 2.24) is 9.55 Å². The fraction of sp³-hybridized carbons (Fsp3) is 0.462. The van der Waals surface area contributed by atoms with Gasteiger partial charge in [0.15, 0.2) is 9.84 Å². The van der Waals surface area contributed by atoms with Crippen molar-refractivity contribution in [2.24, 2.45) is 0 Å². The number of sulfone groups is 1. The zero-order valence-electron chi connectivity index (χ0n) is 11.4. The van der Waals surface area contributed by atoms with Crippen LogP contribution in [0.1, 0.15) is 19.4 Å². The molecule has 1 aliphatic heterocycles. The van der Waals surface area contributed by atoms with E-state index in [4.69, 9.17) is 10.5 Å². The second kappa shape index (κ2) is 4.46. The fourth-order valence-corrected chi connectivity index (χ4v) is 3.64. The van der Waals surface area contributed by atoms with Gasteiger partial charge in [0.2, 0.25) is 5.95 Å². The predicted molar refractivity (Wildman–Crippen MR) is 76.3 cm³/mol. The van der Waals surface area contributed by atoms with E-state index < -0.39 is 9.84 Å². The van der Waals surface area contributed by atoms with Crippen LogP contribution < -0.4 is 5.73 Å². The Morgan fingerprint density at radius 2 is 2.20 bits per heavy atom. The molecule has 0 bridgehead atoms. The van der Waals surface area contributed by atoms with Crippen LogP contribution in [-0.2, 0) is 14.6 Å². The van der Waals surface area contributed by atoms with Gasteiger partial charge in [-0.25, -0.2) is 13.4 Å². The molecule has 20 heavy (non-hydrogen) atoms. The molecule has 3 rings (SSSR count). The molecule has 0 saturated carbocycles. The first-order valence-corrected chi connectivity index (χ1v) is 8.37. The quantitative estimate of drug-likeness (QED) is 0.904. The number of rotatable bonds is 2. The summed E-state index contributed by atoms with van der Waals surface area (Å²) in [6.07, 6.45) is 2.06. The number of hydrogen-bond acceptors (Lipinski definition) is 5. The van der Waals surface area contributed by atoms with Crippen molar-refractivity contribution in [3.05, 3.63) is 18.2 Å². The predicted octanol–water partition coefficient (Wildman–Crippen LogP) is 1.37. The number of fused-ring (bicyclic) bond motifs is 1. The fourth-order valence-electron chi connectivity index (χ4n) is 2.82. The number of imidazole rings is 1. The van der Waals surface area contributed by atoms with Crippen molar-refractivity contribution in [1.29, 1.82) is 0 Å².